The van der Waals surface area contributed by atoms with Crippen LogP contribution in [0.15, 0.2) is 36.7 Å². The lowest BCUT2D eigenvalue weighted by Gasteiger charge is -2.16. The maximum Gasteiger partial charge on any atom is 0.321 e. The molecule has 1 heterocycles. The average Bonchev–Trinajstić information content (AvgIpc) is 3.06. The van der Waals surface area contributed by atoms with Crippen molar-refractivity contribution < 1.29 is 9.59 Å². The molecule has 1 aromatic heterocycles. The third-order valence-corrected chi connectivity index (χ3v) is 3.22. The van der Waals surface area contributed by atoms with Crippen LogP contribution in [0.25, 0.3) is 0 Å². The van der Waals surface area contributed by atoms with E-state index in [4.69, 9.17) is 0 Å². The molecular weight excluding hydrogens is 294 g/mol. The first kappa shape index (κ1) is 16.5. The minimum atomic E-state index is -0.246. The zero-order chi connectivity index (χ0) is 16.7. The summed E-state index contributed by atoms with van der Waals surface area (Å²) in [6, 6.07) is 6.55. The summed E-state index contributed by atoms with van der Waals surface area (Å²) >= 11 is 0. The van der Waals surface area contributed by atoms with Gasteiger partial charge >= 0.3 is 6.03 Å². The molecule has 0 radical (unpaired) electrons. The van der Waals surface area contributed by atoms with Crippen LogP contribution in [0.2, 0.25) is 0 Å². The van der Waals surface area contributed by atoms with E-state index in [9.17, 15) is 9.59 Å². The average molecular weight is 315 g/mol. The second-order valence-electron chi connectivity index (χ2n) is 5.16. The van der Waals surface area contributed by atoms with E-state index in [-0.39, 0.29) is 11.9 Å². The first-order valence-electron chi connectivity index (χ1n) is 7.48. The molecule has 0 atom stereocenters. The number of amides is 3. The van der Waals surface area contributed by atoms with E-state index in [0.717, 1.165) is 6.42 Å². The summed E-state index contributed by atoms with van der Waals surface area (Å²) in [5, 5.41) is 5.58. The summed E-state index contributed by atoms with van der Waals surface area (Å²) in [5.74, 6) is 0.602. The van der Waals surface area contributed by atoms with Crippen molar-refractivity contribution in [1.82, 2.24) is 20.2 Å². The number of urea groups is 1. The molecule has 122 valence electrons. The van der Waals surface area contributed by atoms with Gasteiger partial charge in [0.1, 0.15) is 5.82 Å². The van der Waals surface area contributed by atoms with Crippen LogP contribution >= 0.6 is 0 Å². The van der Waals surface area contributed by atoms with Crippen LogP contribution in [0.5, 0.6) is 0 Å². The number of hydrogen-bond donors (Lipinski definition) is 3. The zero-order valence-corrected chi connectivity index (χ0v) is 13.3. The highest BCUT2D eigenvalue weighted by Gasteiger charge is 2.11. The molecule has 0 spiro atoms. The molecule has 2 aromatic rings. The number of anilines is 1. The Bertz CT molecular complexity index is 637. The zero-order valence-electron chi connectivity index (χ0n) is 13.3. The van der Waals surface area contributed by atoms with Crippen molar-refractivity contribution in [3.8, 4) is 0 Å². The van der Waals surface area contributed by atoms with Gasteiger partial charge in [0.2, 0.25) is 0 Å². The van der Waals surface area contributed by atoms with E-state index in [1.807, 2.05) is 6.92 Å². The monoisotopic (exact) mass is 315 g/mol. The number of H-pyrrole nitrogens is 1. The molecule has 3 amide bonds. The molecule has 3 N–H and O–H groups in total. The molecule has 23 heavy (non-hydrogen) atoms. The largest absolute Gasteiger partial charge is 0.352 e. The lowest BCUT2D eigenvalue weighted by atomic mass is 10.2. The summed E-state index contributed by atoms with van der Waals surface area (Å²) in [4.78, 5) is 32.4. The molecule has 1 aromatic carbocycles. The Hall–Kier alpha value is -2.83. The van der Waals surface area contributed by atoms with Gasteiger partial charge in [-0.2, -0.15) is 0 Å². The highest BCUT2D eigenvalue weighted by atomic mass is 16.2. The second-order valence-corrected chi connectivity index (χ2v) is 5.16. The summed E-state index contributed by atoms with van der Waals surface area (Å²) in [5.41, 5.74) is 1.20. The number of nitrogens with zero attached hydrogens (tertiary/aromatic N) is 2. The number of hydrogen-bond acceptors (Lipinski definition) is 3. The van der Waals surface area contributed by atoms with Crippen LogP contribution in [-0.2, 0) is 6.54 Å². The fourth-order valence-corrected chi connectivity index (χ4v) is 1.95. The van der Waals surface area contributed by atoms with Gasteiger partial charge in [0, 0.05) is 37.2 Å². The van der Waals surface area contributed by atoms with Gasteiger partial charge < -0.3 is 20.5 Å². The molecule has 0 saturated carbocycles. The van der Waals surface area contributed by atoms with Gasteiger partial charge in [-0.15, -0.1) is 0 Å². The molecule has 0 unspecified atom stereocenters. The number of aromatic nitrogens is 2. The lowest BCUT2D eigenvalue weighted by Crippen LogP contribution is -2.31. The number of nitrogens with one attached hydrogen (secondary N) is 3. The third-order valence-electron chi connectivity index (χ3n) is 3.22. The first-order valence-corrected chi connectivity index (χ1v) is 7.48. The minimum absolute atomic E-state index is 0.111. The highest BCUT2D eigenvalue weighted by molar-refractivity contribution is 5.95. The fraction of sp³-hybridized carbons (Fsp3) is 0.312. The van der Waals surface area contributed by atoms with Crippen LogP contribution in [0.3, 0.4) is 0 Å². The summed E-state index contributed by atoms with van der Waals surface area (Å²) in [6.07, 6.45) is 4.24. The predicted molar refractivity (Wildman–Crippen MR) is 88.1 cm³/mol. The quantitative estimate of drug-likeness (QED) is 0.763. The van der Waals surface area contributed by atoms with Gasteiger partial charge in [-0.1, -0.05) is 6.92 Å². The van der Waals surface area contributed by atoms with E-state index >= 15 is 0 Å². The lowest BCUT2D eigenvalue weighted by molar-refractivity contribution is 0.0953. The molecule has 0 saturated heterocycles. The van der Waals surface area contributed by atoms with Gasteiger partial charge in [-0.25, -0.2) is 9.78 Å². The van der Waals surface area contributed by atoms with Crippen LogP contribution in [0, 0.1) is 0 Å². The van der Waals surface area contributed by atoms with Crippen molar-refractivity contribution in [2.24, 2.45) is 0 Å². The van der Waals surface area contributed by atoms with Crippen molar-refractivity contribution >= 4 is 17.6 Å². The Morgan fingerprint density at radius 2 is 2.00 bits per heavy atom. The van der Waals surface area contributed by atoms with Gasteiger partial charge in [0.05, 0.1) is 6.54 Å². The summed E-state index contributed by atoms with van der Waals surface area (Å²) < 4.78 is 0. The van der Waals surface area contributed by atoms with Crippen LogP contribution in [0.4, 0.5) is 10.5 Å². The highest BCUT2D eigenvalue weighted by Crippen LogP contribution is 2.11. The third kappa shape index (κ3) is 4.84. The second kappa shape index (κ2) is 7.98. The van der Waals surface area contributed by atoms with Crippen molar-refractivity contribution in [3.63, 3.8) is 0 Å². The van der Waals surface area contributed by atoms with Gasteiger partial charge in [0.15, 0.2) is 0 Å². The molecule has 0 bridgehead atoms. The topological polar surface area (TPSA) is 90.1 Å². The van der Waals surface area contributed by atoms with Crippen LogP contribution in [-0.4, -0.2) is 40.4 Å². The Balaban J connectivity index is 1.89. The van der Waals surface area contributed by atoms with Crippen LogP contribution in [0.1, 0.15) is 29.5 Å². The molecule has 7 heteroatoms. The Morgan fingerprint density at radius 3 is 2.61 bits per heavy atom. The molecule has 0 aliphatic carbocycles. The Kier molecular flexibility index (Phi) is 5.74. The number of imidazole rings is 1. The van der Waals surface area contributed by atoms with Crippen molar-refractivity contribution in [2.75, 3.05) is 18.9 Å². The van der Waals surface area contributed by atoms with Crippen molar-refractivity contribution in [1.29, 1.82) is 0 Å². The molecule has 7 nitrogen and oxygen atoms in total. The van der Waals surface area contributed by atoms with E-state index < -0.39 is 0 Å². The smallest absolute Gasteiger partial charge is 0.321 e. The number of aromatic amines is 1. The van der Waals surface area contributed by atoms with Crippen LogP contribution < -0.4 is 10.6 Å². The number of carbonyl (C=O) groups is 2. The van der Waals surface area contributed by atoms with Crippen molar-refractivity contribution in [2.45, 2.75) is 19.9 Å². The Morgan fingerprint density at radius 1 is 1.26 bits per heavy atom. The van der Waals surface area contributed by atoms with Gasteiger partial charge in [-0.05, 0) is 30.7 Å². The molecule has 0 aliphatic heterocycles. The normalized spacial score (nSPS) is 10.2. The maximum atomic E-state index is 12.1. The maximum absolute atomic E-state index is 12.1. The summed E-state index contributed by atoms with van der Waals surface area (Å²) in [7, 11) is 1.68. The molecular formula is C16H21N5O2. The first-order chi connectivity index (χ1) is 11.1. The van der Waals surface area contributed by atoms with E-state index in [1.54, 1.807) is 43.7 Å². The number of rotatable bonds is 6. The van der Waals surface area contributed by atoms with Crippen molar-refractivity contribution in [3.05, 3.63) is 48.0 Å². The van der Waals surface area contributed by atoms with Gasteiger partial charge in [0.25, 0.3) is 5.91 Å². The number of benzene rings is 1. The SMILES string of the molecule is CCCNC(=O)c1ccc(NC(=O)N(C)Cc2ncc[nH]2)cc1. The fourth-order valence-electron chi connectivity index (χ4n) is 1.95. The molecule has 0 fully saturated rings. The number of carbonyl (C=O) groups excluding carboxylic acids is 2. The molecule has 0 aliphatic rings. The van der Waals surface area contributed by atoms with E-state index in [2.05, 4.69) is 20.6 Å². The summed E-state index contributed by atoms with van der Waals surface area (Å²) in [6.45, 7) is 3.03. The standard InChI is InChI=1S/C16H21N5O2/c1-3-8-19-15(22)12-4-6-13(7-5-12)20-16(23)21(2)11-14-17-9-10-18-14/h4-7,9-10H,3,8,11H2,1-2H3,(H,17,18)(H,19,22)(H,20,23). The van der Waals surface area contributed by atoms with E-state index in [1.165, 1.54) is 4.90 Å². The van der Waals surface area contributed by atoms with Gasteiger partial charge in [-0.3, -0.25) is 4.79 Å². The molecule has 2 rings (SSSR count). The minimum Gasteiger partial charge on any atom is -0.352 e. The van der Waals surface area contributed by atoms with E-state index in [0.29, 0.717) is 30.2 Å². The predicted octanol–water partition coefficient (Wildman–Crippen LogP) is 2.21. The Labute approximate surface area is 135 Å².